The highest BCUT2D eigenvalue weighted by Gasteiger charge is 2.26. The van der Waals surface area contributed by atoms with E-state index in [-0.39, 0.29) is 13.0 Å². The van der Waals surface area contributed by atoms with E-state index in [0.717, 1.165) is 0 Å². The molecule has 0 amide bonds. The van der Waals surface area contributed by atoms with E-state index in [4.69, 9.17) is 5.26 Å². The molecular formula is C7H11F3N2. The normalized spacial score (nSPS) is 11.7. The Kier molecular flexibility index (Phi) is 4.67. The zero-order chi connectivity index (χ0) is 9.61. The lowest BCUT2D eigenvalue weighted by molar-refractivity contribution is -0.137. The Morgan fingerprint density at radius 2 is 1.92 bits per heavy atom. The Labute approximate surface area is 69.6 Å². The smallest absolute Gasteiger partial charge is 0.305 e. The van der Waals surface area contributed by atoms with Crippen molar-refractivity contribution in [1.29, 1.82) is 5.26 Å². The third kappa shape index (κ3) is 7.35. The molecule has 0 aromatic carbocycles. The highest BCUT2D eigenvalue weighted by atomic mass is 19.4. The van der Waals surface area contributed by atoms with Crippen molar-refractivity contribution in [3.8, 4) is 6.07 Å². The van der Waals surface area contributed by atoms with Gasteiger partial charge in [-0.25, -0.2) is 0 Å². The summed E-state index contributed by atoms with van der Waals surface area (Å²) in [6.07, 6.45) is -4.63. The summed E-state index contributed by atoms with van der Waals surface area (Å²) in [5, 5.41) is 8.14. The molecule has 2 nitrogen and oxygen atoms in total. The van der Waals surface area contributed by atoms with Crippen LogP contribution in [0.15, 0.2) is 0 Å². The molecule has 0 saturated heterocycles. The first-order chi connectivity index (χ1) is 5.45. The molecular weight excluding hydrogens is 169 g/mol. The first kappa shape index (κ1) is 11.2. The SMILES string of the molecule is CN(CCC#N)CCC(F)(F)F. The van der Waals surface area contributed by atoms with E-state index in [0.29, 0.717) is 6.54 Å². The second-order valence-corrected chi connectivity index (χ2v) is 2.58. The summed E-state index contributed by atoms with van der Waals surface area (Å²) in [6, 6.07) is 1.87. The van der Waals surface area contributed by atoms with E-state index in [2.05, 4.69) is 0 Å². The number of nitriles is 1. The van der Waals surface area contributed by atoms with Gasteiger partial charge in [0.1, 0.15) is 0 Å². The maximum atomic E-state index is 11.6. The molecule has 0 rings (SSSR count). The molecule has 0 fully saturated rings. The van der Waals surface area contributed by atoms with Crippen LogP contribution >= 0.6 is 0 Å². The van der Waals surface area contributed by atoms with Gasteiger partial charge < -0.3 is 4.90 Å². The quantitative estimate of drug-likeness (QED) is 0.659. The molecule has 0 heterocycles. The van der Waals surface area contributed by atoms with Crippen LogP contribution in [-0.2, 0) is 0 Å². The van der Waals surface area contributed by atoms with Crippen LogP contribution in [0.3, 0.4) is 0 Å². The van der Waals surface area contributed by atoms with Crippen molar-refractivity contribution < 1.29 is 13.2 Å². The average molecular weight is 180 g/mol. The minimum absolute atomic E-state index is 0.0365. The molecule has 0 aromatic rings. The topological polar surface area (TPSA) is 27.0 Å². The van der Waals surface area contributed by atoms with Crippen molar-refractivity contribution >= 4 is 0 Å². The van der Waals surface area contributed by atoms with Crippen LogP contribution in [0.25, 0.3) is 0 Å². The molecule has 70 valence electrons. The van der Waals surface area contributed by atoms with Gasteiger partial charge in [-0.2, -0.15) is 18.4 Å². The summed E-state index contributed by atoms with van der Waals surface area (Å²) < 4.78 is 34.9. The minimum Gasteiger partial charge on any atom is -0.305 e. The standard InChI is InChI=1S/C7H11F3N2/c1-12(5-2-4-11)6-3-7(8,9)10/h2-3,5-6H2,1H3. The van der Waals surface area contributed by atoms with Crippen LogP contribution in [0, 0.1) is 11.3 Å². The maximum Gasteiger partial charge on any atom is 0.390 e. The fourth-order valence-corrected chi connectivity index (χ4v) is 0.670. The monoisotopic (exact) mass is 180 g/mol. The van der Waals surface area contributed by atoms with E-state index in [1.165, 1.54) is 4.90 Å². The summed E-state index contributed by atoms with van der Waals surface area (Å²) in [5.74, 6) is 0. The summed E-state index contributed by atoms with van der Waals surface area (Å²) in [6.45, 7) is 0.359. The van der Waals surface area contributed by atoms with Gasteiger partial charge in [0.25, 0.3) is 0 Å². The van der Waals surface area contributed by atoms with Crippen molar-refractivity contribution in [3.63, 3.8) is 0 Å². The molecule has 0 aliphatic carbocycles. The Hall–Kier alpha value is -0.760. The maximum absolute atomic E-state index is 11.6. The molecule has 0 aromatic heterocycles. The molecule has 0 saturated carbocycles. The summed E-state index contributed by atoms with van der Waals surface area (Å²) in [5.41, 5.74) is 0. The largest absolute Gasteiger partial charge is 0.390 e. The fraction of sp³-hybridized carbons (Fsp3) is 0.857. The summed E-state index contributed by atoms with van der Waals surface area (Å²) in [7, 11) is 1.57. The number of nitrogens with zero attached hydrogens (tertiary/aromatic N) is 2. The predicted octanol–water partition coefficient (Wildman–Crippen LogP) is 1.78. The molecule has 0 radical (unpaired) electrons. The van der Waals surface area contributed by atoms with Gasteiger partial charge in [0.05, 0.1) is 12.5 Å². The zero-order valence-electron chi connectivity index (χ0n) is 6.86. The van der Waals surface area contributed by atoms with E-state index in [1.807, 2.05) is 6.07 Å². The second-order valence-electron chi connectivity index (χ2n) is 2.58. The summed E-state index contributed by atoms with van der Waals surface area (Å²) >= 11 is 0. The van der Waals surface area contributed by atoms with Gasteiger partial charge in [-0.3, -0.25) is 0 Å². The average Bonchev–Trinajstić information content (AvgIpc) is 1.95. The lowest BCUT2D eigenvalue weighted by atomic mass is 10.3. The van der Waals surface area contributed by atoms with Crippen LogP contribution in [0.1, 0.15) is 12.8 Å². The predicted molar refractivity (Wildman–Crippen MR) is 38.4 cm³/mol. The van der Waals surface area contributed by atoms with Gasteiger partial charge in [0.15, 0.2) is 0 Å². The molecule has 5 heteroatoms. The number of halogens is 3. The lowest BCUT2D eigenvalue weighted by Crippen LogP contribution is -2.25. The minimum atomic E-state index is -4.10. The Morgan fingerprint density at radius 3 is 2.33 bits per heavy atom. The van der Waals surface area contributed by atoms with Crippen molar-refractivity contribution in [2.24, 2.45) is 0 Å². The van der Waals surface area contributed by atoms with Gasteiger partial charge >= 0.3 is 6.18 Å². The lowest BCUT2D eigenvalue weighted by Gasteiger charge is -2.15. The van der Waals surface area contributed by atoms with Crippen LogP contribution in [-0.4, -0.2) is 31.2 Å². The van der Waals surface area contributed by atoms with E-state index < -0.39 is 12.6 Å². The van der Waals surface area contributed by atoms with Crippen LogP contribution in [0.2, 0.25) is 0 Å². The van der Waals surface area contributed by atoms with Crippen LogP contribution < -0.4 is 0 Å². The highest BCUT2D eigenvalue weighted by molar-refractivity contribution is 4.71. The van der Waals surface area contributed by atoms with Crippen LogP contribution in [0.5, 0.6) is 0 Å². The van der Waals surface area contributed by atoms with Gasteiger partial charge in [0.2, 0.25) is 0 Å². The van der Waals surface area contributed by atoms with E-state index >= 15 is 0 Å². The van der Waals surface area contributed by atoms with Gasteiger partial charge in [-0.1, -0.05) is 0 Å². The first-order valence-electron chi connectivity index (χ1n) is 3.58. The number of rotatable bonds is 4. The molecule has 0 spiro atoms. The zero-order valence-corrected chi connectivity index (χ0v) is 6.86. The first-order valence-corrected chi connectivity index (χ1v) is 3.58. The van der Waals surface area contributed by atoms with Gasteiger partial charge in [-0.05, 0) is 7.05 Å². The third-order valence-corrected chi connectivity index (χ3v) is 1.38. The van der Waals surface area contributed by atoms with E-state index in [1.54, 1.807) is 7.05 Å². The molecule has 12 heavy (non-hydrogen) atoms. The second kappa shape index (κ2) is 4.99. The highest BCUT2D eigenvalue weighted by Crippen LogP contribution is 2.19. The number of hydrogen-bond acceptors (Lipinski definition) is 2. The van der Waals surface area contributed by atoms with Crippen molar-refractivity contribution in [2.75, 3.05) is 20.1 Å². The molecule has 0 atom stereocenters. The number of hydrogen-bond donors (Lipinski definition) is 0. The number of alkyl halides is 3. The van der Waals surface area contributed by atoms with Gasteiger partial charge in [-0.15, -0.1) is 0 Å². The Bertz CT molecular complexity index is 159. The van der Waals surface area contributed by atoms with Crippen molar-refractivity contribution in [1.82, 2.24) is 4.90 Å². The third-order valence-electron chi connectivity index (χ3n) is 1.38. The fourth-order valence-electron chi connectivity index (χ4n) is 0.670. The van der Waals surface area contributed by atoms with Crippen molar-refractivity contribution in [2.45, 2.75) is 19.0 Å². The summed E-state index contributed by atoms with van der Waals surface area (Å²) in [4.78, 5) is 1.50. The van der Waals surface area contributed by atoms with E-state index in [9.17, 15) is 13.2 Å². The van der Waals surface area contributed by atoms with Gasteiger partial charge in [0, 0.05) is 19.5 Å². The molecule has 0 aliphatic heterocycles. The molecule has 0 bridgehead atoms. The molecule has 0 unspecified atom stereocenters. The van der Waals surface area contributed by atoms with Crippen molar-refractivity contribution in [3.05, 3.63) is 0 Å². The molecule has 0 aliphatic rings. The molecule has 0 N–H and O–H groups in total. The Balaban J connectivity index is 3.45. The van der Waals surface area contributed by atoms with Crippen LogP contribution in [0.4, 0.5) is 13.2 Å². The Morgan fingerprint density at radius 1 is 1.33 bits per heavy atom.